The fourth-order valence-electron chi connectivity index (χ4n) is 2.45. The summed E-state index contributed by atoms with van der Waals surface area (Å²) in [6, 6.07) is 0.192. The molecule has 0 spiro atoms. The van der Waals surface area contributed by atoms with Crippen molar-refractivity contribution in [3.05, 3.63) is 0 Å². The molecule has 2 aliphatic rings. The minimum absolute atomic E-state index is 0.00639. The van der Waals surface area contributed by atoms with E-state index in [1.807, 2.05) is 0 Å². The maximum Gasteiger partial charge on any atom is 0.223 e. The number of nitrogens with one attached hydrogen (secondary N) is 1. The Morgan fingerprint density at radius 2 is 2.19 bits per heavy atom. The Balaban J connectivity index is 1.75. The third-order valence-electron chi connectivity index (χ3n) is 4.02. The second-order valence-electron chi connectivity index (χ2n) is 5.50. The molecule has 1 amide bonds. The number of rotatable bonds is 4. The van der Waals surface area contributed by atoms with E-state index in [9.17, 15) is 4.79 Å². The van der Waals surface area contributed by atoms with Crippen molar-refractivity contribution in [1.29, 1.82) is 0 Å². The van der Waals surface area contributed by atoms with Crippen LogP contribution in [0.5, 0.6) is 0 Å². The summed E-state index contributed by atoms with van der Waals surface area (Å²) in [5.41, 5.74) is 5.87. The highest BCUT2D eigenvalue weighted by Crippen LogP contribution is 2.44. The van der Waals surface area contributed by atoms with Gasteiger partial charge in [0, 0.05) is 23.9 Å². The normalized spacial score (nSPS) is 32.1. The Hall–Kier alpha value is -0.610. The third-order valence-corrected chi connectivity index (χ3v) is 4.02. The standard InChI is InChI=1S/C12H22N2O2/c13-10-3-1-2-9(6-10)11(16)14-7-12(8-15)4-5-12/h9-10,15H,1-8,13H2,(H,14,16). The Kier molecular flexibility index (Phi) is 3.50. The van der Waals surface area contributed by atoms with E-state index in [0.29, 0.717) is 6.54 Å². The number of aliphatic hydroxyl groups is 1. The van der Waals surface area contributed by atoms with E-state index in [0.717, 1.165) is 38.5 Å². The fourth-order valence-corrected chi connectivity index (χ4v) is 2.45. The molecule has 0 aromatic carbocycles. The van der Waals surface area contributed by atoms with Crippen molar-refractivity contribution in [2.75, 3.05) is 13.2 Å². The number of nitrogens with two attached hydrogens (primary N) is 1. The maximum absolute atomic E-state index is 11.9. The highest BCUT2D eigenvalue weighted by molar-refractivity contribution is 5.78. The van der Waals surface area contributed by atoms with E-state index in [2.05, 4.69) is 5.32 Å². The predicted molar refractivity (Wildman–Crippen MR) is 61.7 cm³/mol. The zero-order valence-corrected chi connectivity index (χ0v) is 9.74. The van der Waals surface area contributed by atoms with Crippen LogP contribution >= 0.6 is 0 Å². The molecule has 2 unspecified atom stereocenters. The molecule has 0 bridgehead atoms. The van der Waals surface area contributed by atoms with Gasteiger partial charge in [0.05, 0.1) is 6.61 Å². The molecule has 4 nitrogen and oxygen atoms in total. The minimum atomic E-state index is 0.00639. The number of carbonyl (C=O) groups excluding carboxylic acids is 1. The second-order valence-corrected chi connectivity index (χ2v) is 5.50. The van der Waals surface area contributed by atoms with Crippen LogP contribution in [-0.4, -0.2) is 30.2 Å². The van der Waals surface area contributed by atoms with Gasteiger partial charge in [-0.05, 0) is 32.1 Å². The van der Waals surface area contributed by atoms with Gasteiger partial charge in [-0.3, -0.25) is 4.79 Å². The first kappa shape index (κ1) is 11.9. The van der Waals surface area contributed by atoms with Crippen molar-refractivity contribution in [2.45, 2.75) is 44.6 Å². The zero-order valence-electron chi connectivity index (χ0n) is 9.74. The zero-order chi connectivity index (χ0) is 11.6. The largest absolute Gasteiger partial charge is 0.396 e. The molecule has 0 saturated heterocycles. The number of hydrogen-bond acceptors (Lipinski definition) is 3. The lowest BCUT2D eigenvalue weighted by Gasteiger charge is -2.26. The average molecular weight is 226 g/mol. The fraction of sp³-hybridized carbons (Fsp3) is 0.917. The van der Waals surface area contributed by atoms with Crippen molar-refractivity contribution in [3.8, 4) is 0 Å². The predicted octanol–water partition coefficient (Wildman–Crippen LogP) is 0.393. The molecule has 2 atom stereocenters. The number of carbonyl (C=O) groups is 1. The molecule has 0 heterocycles. The van der Waals surface area contributed by atoms with Crippen molar-refractivity contribution in [3.63, 3.8) is 0 Å². The van der Waals surface area contributed by atoms with Gasteiger partial charge in [-0.15, -0.1) is 0 Å². The molecule has 2 fully saturated rings. The van der Waals surface area contributed by atoms with Gasteiger partial charge in [-0.2, -0.15) is 0 Å². The molecule has 0 aromatic rings. The Bertz CT molecular complexity index is 264. The topological polar surface area (TPSA) is 75.4 Å². The number of hydrogen-bond donors (Lipinski definition) is 3. The molecule has 0 radical (unpaired) electrons. The van der Waals surface area contributed by atoms with Crippen LogP contribution in [0.4, 0.5) is 0 Å². The summed E-state index contributed by atoms with van der Waals surface area (Å²) >= 11 is 0. The summed E-state index contributed by atoms with van der Waals surface area (Å²) in [4.78, 5) is 11.9. The van der Waals surface area contributed by atoms with Crippen LogP contribution < -0.4 is 11.1 Å². The average Bonchev–Trinajstić information content (AvgIpc) is 3.07. The maximum atomic E-state index is 11.9. The number of aliphatic hydroxyl groups excluding tert-OH is 1. The molecular weight excluding hydrogens is 204 g/mol. The summed E-state index contributed by atoms with van der Waals surface area (Å²) in [5, 5.41) is 12.1. The van der Waals surface area contributed by atoms with Crippen LogP contribution in [0.3, 0.4) is 0 Å². The number of amides is 1. The lowest BCUT2D eigenvalue weighted by atomic mass is 9.85. The van der Waals surface area contributed by atoms with Gasteiger partial charge >= 0.3 is 0 Å². The van der Waals surface area contributed by atoms with Gasteiger partial charge in [0.1, 0.15) is 0 Å². The van der Waals surface area contributed by atoms with Crippen LogP contribution in [0.25, 0.3) is 0 Å². The van der Waals surface area contributed by atoms with E-state index in [1.165, 1.54) is 0 Å². The molecule has 16 heavy (non-hydrogen) atoms. The van der Waals surface area contributed by atoms with E-state index >= 15 is 0 Å². The van der Waals surface area contributed by atoms with Gasteiger partial charge < -0.3 is 16.2 Å². The summed E-state index contributed by atoms with van der Waals surface area (Å²) in [6.07, 6.45) is 5.96. The van der Waals surface area contributed by atoms with Crippen LogP contribution in [0.15, 0.2) is 0 Å². The van der Waals surface area contributed by atoms with E-state index in [-0.39, 0.29) is 29.9 Å². The summed E-state index contributed by atoms with van der Waals surface area (Å²) in [7, 11) is 0. The monoisotopic (exact) mass is 226 g/mol. The Morgan fingerprint density at radius 1 is 1.44 bits per heavy atom. The highest BCUT2D eigenvalue weighted by atomic mass is 16.3. The van der Waals surface area contributed by atoms with Gasteiger partial charge in [0.25, 0.3) is 0 Å². The first-order valence-electron chi connectivity index (χ1n) is 6.29. The van der Waals surface area contributed by atoms with Crippen LogP contribution in [0.2, 0.25) is 0 Å². The van der Waals surface area contributed by atoms with Crippen LogP contribution in [0.1, 0.15) is 38.5 Å². The van der Waals surface area contributed by atoms with Crippen molar-refractivity contribution >= 4 is 5.91 Å². The summed E-state index contributed by atoms with van der Waals surface area (Å²) in [5.74, 6) is 0.230. The highest BCUT2D eigenvalue weighted by Gasteiger charge is 2.42. The molecule has 4 N–H and O–H groups in total. The Labute approximate surface area is 96.6 Å². The molecule has 2 aliphatic carbocycles. The lowest BCUT2D eigenvalue weighted by Crippen LogP contribution is -2.40. The third kappa shape index (κ3) is 2.74. The molecule has 0 aliphatic heterocycles. The molecular formula is C12H22N2O2. The SMILES string of the molecule is NC1CCCC(C(=O)NCC2(CO)CC2)C1. The van der Waals surface area contributed by atoms with Crippen LogP contribution in [-0.2, 0) is 4.79 Å². The molecule has 4 heteroatoms. The summed E-state index contributed by atoms with van der Waals surface area (Å²) in [6.45, 7) is 0.825. The first-order valence-corrected chi connectivity index (χ1v) is 6.29. The van der Waals surface area contributed by atoms with Gasteiger partial charge in [0.15, 0.2) is 0 Å². The summed E-state index contributed by atoms with van der Waals surface area (Å²) < 4.78 is 0. The van der Waals surface area contributed by atoms with Gasteiger partial charge in [0.2, 0.25) is 5.91 Å². The molecule has 92 valence electrons. The van der Waals surface area contributed by atoms with E-state index in [4.69, 9.17) is 10.8 Å². The minimum Gasteiger partial charge on any atom is -0.396 e. The van der Waals surface area contributed by atoms with Gasteiger partial charge in [-0.25, -0.2) is 0 Å². The Morgan fingerprint density at radius 3 is 2.75 bits per heavy atom. The van der Waals surface area contributed by atoms with Crippen LogP contribution in [0, 0.1) is 11.3 Å². The van der Waals surface area contributed by atoms with E-state index in [1.54, 1.807) is 0 Å². The van der Waals surface area contributed by atoms with Crippen molar-refractivity contribution in [2.24, 2.45) is 17.1 Å². The van der Waals surface area contributed by atoms with Crippen molar-refractivity contribution in [1.82, 2.24) is 5.32 Å². The quantitative estimate of drug-likeness (QED) is 0.649. The molecule has 2 rings (SSSR count). The van der Waals surface area contributed by atoms with Gasteiger partial charge in [-0.1, -0.05) is 6.42 Å². The van der Waals surface area contributed by atoms with Crippen molar-refractivity contribution < 1.29 is 9.90 Å². The first-order chi connectivity index (χ1) is 7.65. The smallest absolute Gasteiger partial charge is 0.223 e. The lowest BCUT2D eigenvalue weighted by molar-refractivity contribution is -0.126. The molecule has 2 saturated carbocycles. The van der Waals surface area contributed by atoms with E-state index < -0.39 is 0 Å². The molecule has 0 aromatic heterocycles. The second kappa shape index (κ2) is 4.72.